The van der Waals surface area contributed by atoms with Crippen molar-refractivity contribution in [2.45, 2.75) is 31.9 Å². The van der Waals surface area contributed by atoms with E-state index in [9.17, 15) is 5.11 Å². The maximum absolute atomic E-state index is 9.74. The molecule has 0 amide bonds. The number of ether oxygens (including phenoxy) is 1. The summed E-state index contributed by atoms with van der Waals surface area (Å²) in [5.74, 6) is 0.980. The summed E-state index contributed by atoms with van der Waals surface area (Å²) in [4.78, 5) is 0. The maximum Gasteiger partial charge on any atom is 0.122 e. The first kappa shape index (κ1) is 13.3. The molecule has 0 aromatic heterocycles. The molecule has 0 saturated carbocycles. The van der Waals surface area contributed by atoms with Gasteiger partial charge in [-0.2, -0.15) is 0 Å². The average molecular weight is 251 g/mol. The number of hydrogen-bond acceptors (Lipinski definition) is 4. The third-order valence-corrected chi connectivity index (χ3v) is 3.34. The summed E-state index contributed by atoms with van der Waals surface area (Å²) in [5, 5.41) is 22.0. The van der Waals surface area contributed by atoms with Crippen LogP contribution in [0.25, 0.3) is 0 Å². The minimum Gasteiger partial charge on any atom is -0.493 e. The second-order valence-corrected chi connectivity index (χ2v) is 5.22. The fourth-order valence-corrected chi connectivity index (χ4v) is 2.02. The van der Waals surface area contributed by atoms with Gasteiger partial charge in [0.15, 0.2) is 0 Å². The standard InChI is InChI=1S/C14H21NO3/c1-10(15-8-14(2,17)9-16)11-3-4-13-12(7-11)5-6-18-13/h3-4,7,10,15-17H,5-6,8-9H2,1-2H3. The molecule has 3 N–H and O–H groups in total. The van der Waals surface area contributed by atoms with Crippen LogP contribution in [0.5, 0.6) is 5.75 Å². The van der Waals surface area contributed by atoms with Crippen LogP contribution in [0.1, 0.15) is 31.0 Å². The Morgan fingerprint density at radius 2 is 2.28 bits per heavy atom. The van der Waals surface area contributed by atoms with Crippen LogP contribution in [0.3, 0.4) is 0 Å². The molecule has 0 fully saturated rings. The lowest BCUT2D eigenvalue weighted by Crippen LogP contribution is -2.41. The van der Waals surface area contributed by atoms with Crippen LogP contribution in [0.2, 0.25) is 0 Å². The summed E-state index contributed by atoms with van der Waals surface area (Å²) in [5.41, 5.74) is 1.34. The Balaban J connectivity index is 1.99. The summed E-state index contributed by atoms with van der Waals surface area (Å²) >= 11 is 0. The predicted octanol–water partition coefficient (Wildman–Crippen LogP) is 1.02. The van der Waals surface area contributed by atoms with Gasteiger partial charge in [-0.1, -0.05) is 12.1 Å². The number of rotatable bonds is 5. The van der Waals surface area contributed by atoms with E-state index in [-0.39, 0.29) is 12.6 Å². The largest absolute Gasteiger partial charge is 0.493 e. The van der Waals surface area contributed by atoms with Crippen molar-refractivity contribution in [3.8, 4) is 5.75 Å². The quantitative estimate of drug-likeness (QED) is 0.731. The van der Waals surface area contributed by atoms with Crippen LogP contribution in [-0.2, 0) is 6.42 Å². The van der Waals surface area contributed by atoms with Crippen LogP contribution >= 0.6 is 0 Å². The predicted molar refractivity (Wildman–Crippen MR) is 69.8 cm³/mol. The molecule has 1 aromatic rings. The van der Waals surface area contributed by atoms with E-state index in [1.54, 1.807) is 6.92 Å². The smallest absolute Gasteiger partial charge is 0.122 e. The molecule has 0 saturated heterocycles. The van der Waals surface area contributed by atoms with Crippen molar-refractivity contribution in [2.75, 3.05) is 19.8 Å². The Bertz CT molecular complexity index is 418. The maximum atomic E-state index is 9.74. The van der Waals surface area contributed by atoms with Crippen molar-refractivity contribution in [3.63, 3.8) is 0 Å². The van der Waals surface area contributed by atoms with E-state index < -0.39 is 5.60 Å². The van der Waals surface area contributed by atoms with Crippen LogP contribution in [-0.4, -0.2) is 35.6 Å². The molecular weight excluding hydrogens is 230 g/mol. The van der Waals surface area contributed by atoms with Gasteiger partial charge < -0.3 is 20.3 Å². The lowest BCUT2D eigenvalue weighted by molar-refractivity contribution is 0.00106. The highest BCUT2D eigenvalue weighted by Crippen LogP contribution is 2.28. The summed E-state index contributed by atoms with van der Waals surface area (Å²) in [6.07, 6.45) is 0.963. The van der Waals surface area contributed by atoms with Crippen LogP contribution in [0.4, 0.5) is 0 Å². The topological polar surface area (TPSA) is 61.7 Å². The van der Waals surface area contributed by atoms with Crippen molar-refractivity contribution >= 4 is 0 Å². The van der Waals surface area contributed by atoms with Crippen molar-refractivity contribution in [3.05, 3.63) is 29.3 Å². The van der Waals surface area contributed by atoms with Gasteiger partial charge >= 0.3 is 0 Å². The van der Waals surface area contributed by atoms with Crippen LogP contribution in [0, 0.1) is 0 Å². The molecule has 0 aliphatic carbocycles. The van der Waals surface area contributed by atoms with Gasteiger partial charge in [-0.3, -0.25) is 0 Å². The van der Waals surface area contributed by atoms with E-state index in [4.69, 9.17) is 9.84 Å². The van der Waals surface area contributed by atoms with Gasteiger partial charge in [0.1, 0.15) is 5.75 Å². The zero-order valence-electron chi connectivity index (χ0n) is 10.9. The van der Waals surface area contributed by atoms with E-state index in [2.05, 4.69) is 11.4 Å². The molecule has 2 atom stereocenters. The SMILES string of the molecule is CC(NCC(C)(O)CO)c1ccc2c(c1)CCO2. The monoisotopic (exact) mass is 251 g/mol. The Kier molecular flexibility index (Phi) is 3.90. The fraction of sp³-hybridized carbons (Fsp3) is 0.571. The lowest BCUT2D eigenvalue weighted by Gasteiger charge is -2.24. The summed E-state index contributed by atoms with van der Waals surface area (Å²) in [6.45, 7) is 4.54. The number of benzene rings is 1. The van der Waals surface area contributed by atoms with E-state index in [0.717, 1.165) is 18.8 Å². The molecule has 18 heavy (non-hydrogen) atoms. The molecule has 1 heterocycles. The van der Waals surface area contributed by atoms with Gasteiger partial charge in [-0.25, -0.2) is 0 Å². The van der Waals surface area contributed by atoms with Crippen molar-refractivity contribution < 1.29 is 14.9 Å². The van der Waals surface area contributed by atoms with Crippen LogP contribution < -0.4 is 10.1 Å². The molecule has 2 rings (SSSR count). The minimum absolute atomic E-state index is 0.133. The lowest BCUT2D eigenvalue weighted by atomic mass is 10.0. The first-order valence-electron chi connectivity index (χ1n) is 6.34. The molecule has 4 nitrogen and oxygen atoms in total. The molecule has 0 radical (unpaired) electrons. The molecule has 1 aliphatic heterocycles. The molecule has 1 aromatic carbocycles. The number of nitrogens with one attached hydrogen (secondary N) is 1. The van der Waals surface area contributed by atoms with E-state index >= 15 is 0 Å². The zero-order valence-corrected chi connectivity index (χ0v) is 10.9. The summed E-state index contributed by atoms with van der Waals surface area (Å²) in [6, 6.07) is 6.32. The third-order valence-electron chi connectivity index (χ3n) is 3.34. The van der Waals surface area contributed by atoms with E-state index in [1.807, 2.05) is 19.1 Å². The number of fused-ring (bicyclic) bond motifs is 1. The third kappa shape index (κ3) is 3.02. The van der Waals surface area contributed by atoms with Gasteiger partial charge in [0, 0.05) is 19.0 Å². The molecule has 100 valence electrons. The average Bonchev–Trinajstić information content (AvgIpc) is 2.83. The number of hydrogen-bond donors (Lipinski definition) is 3. The second kappa shape index (κ2) is 5.26. The number of aliphatic hydroxyl groups excluding tert-OH is 1. The van der Waals surface area contributed by atoms with Gasteiger partial charge in [-0.05, 0) is 31.0 Å². The first-order chi connectivity index (χ1) is 8.52. The number of aliphatic hydroxyl groups is 2. The second-order valence-electron chi connectivity index (χ2n) is 5.22. The highest BCUT2D eigenvalue weighted by Gasteiger charge is 2.20. The molecule has 4 heteroatoms. The van der Waals surface area contributed by atoms with Crippen molar-refractivity contribution in [2.24, 2.45) is 0 Å². The Labute approximate surface area is 108 Å². The summed E-state index contributed by atoms with van der Waals surface area (Å²) < 4.78 is 5.47. The van der Waals surface area contributed by atoms with Gasteiger partial charge in [0.2, 0.25) is 0 Å². The van der Waals surface area contributed by atoms with Gasteiger partial charge in [0.05, 0.1) is 18.8 Å². The normalized spacial score (nSPS) is 18.9. The molecule has 0 bridgehead atoms. The van der Waals surface area contributed by atoms with Crippen LogP contribution in [0.15, 0.2) is 18.2 Å². The highest BCUT2D eigenvalue weighted by molar-refractivity contribution is 5.40. The van der Waals surface area contributed by atoms with Gasteiger partial charge in [0.25, 0.3) is 0 Å². The fourth-order valence-electron chi connectivity index (χ4n) is 2.02. The van der Waals surface area contributed by atoms with Crippen molar-refractivity contribution in [1.82, 2.24) is 5.32 Å². The first-order valence-corrected chi connectivity index (χ1v) is 6.34. The molecule has 2 unspecified atom stereocenters. The molecular formula is C14H21NO3. The Morgan fingerprint density at radius 3 is 3.00 bits per heavy atom. The Morgan fingerprint density at radius 1 is 1.50 bits per heavy atom. The summed E-state index contributed by atoms with van der Waals surface area (Å²) in [7, 11) is 0. The molecule has 1 aliphatic rings. The highest BCUT2D eigenvalue weighted by atomic mass is 16.5. The van der Waals surface area contributed by atoms with E-state index in [0.29, 0.717) is 6.54 Å². The molecule has 0 spiro atoms. The van der Waals surface area contributed by atoms with Gasteiger partial charge in [-0.15, -0.1) is 0 Å². The van der Waals surface area contributed by atoms with Crippen molar-refractivity contribution in [1.29, 1.82) is 0 Å². The Hall–Kier alpha value is -1.10. The van der Waals surface area contributed by atoms with E-state index in [1.165, 1.54) is 11.1 Å². The minimum atomic E-state index is -1.08. The zero-order chi connectivity index (χ0) is 13.2.